The number of hydrogen-bond donors (Lipinski definition) is 3. The molecule has 0 aliphatic carbocycles. The molecule has 8 nitrogen and oxygen atoms in total. The van der Waals surface area contributed by atoms with Crippen molar-refractivity contribution in [1.29, 1.82) is 0 Å². The van der Waals surface area contributed by atoms with E-state index in [2.05, 4.69) is 16.0 Å². The van der Waals surface area contributed by atoms with Gasteiger partial charge in [0.05, 0.1) is 11.0 Å². The summed E-state index contributed by atoms with van der Waals surface area (Å²) in [5, 5.41) is 19.3. The zero-order valence-electron chi connectivity index (χ0n) is 14.5. The van der Waals surface area contributed by atoms with E-state index in [1.54, 1.807) is 25.3 Å². The molecular formula is C18H22N4O4. The number of nitrogens with zero attached hydrogens (tertiary/aromatic N) is 1. The van der Waals surface area contributed by atoms with Crippen molar-refractivity contribution >= 4 is 17.4 Å². The Hall–Kier alpha value is -3.13. The Kier molecular flexibility index (Phi) is 7.38. The van der Waals surface area contributed by atoms with Gasteiger partial charge in [0.15, 0.2) is 0 Å². The first-order valence-electron chi connectivity index (χ1n) is 8.18. The van der Waals surface area contributed by atoms with E-state index in [4.69, 9.17) is 4.74 Å². The van der Waals surface area contributed by atoms with Crippen molar-refractivity contribution in [3.05, 3.63) is 70.3 Å². The molecule has 0 aliphatic heterocycles. The van der Waals surface area contributed by atoms with Gasteiger partial charge in [-0.05, 0) is 11.6 Å². The van der Waals surface area contributed by atoms with Crippen LogP contribution in [-0.2, 0) is 4.74 Å². The van der Waals surface area contributed by atoms with E-state index in [0.717, 1.165) is 5.56 Å². The van der Waals surface area contributed by atoms with E-state index in [-0.39, 0.29) is 17.8 Å². The molecule has 3 N–H and O–H groups in total. The average Bonchev–Trinajstić information content (AvgIpc) is 2.67. The predicted molar refractivity (Wildman–Crippen MR) is 99.2 cm³/mol. The van der Waals surface area contributed by atoms with Crippen LogP contribution in [-0.4, -0.2) is 37.7 Å². The lowest BCUT2D eigenvalue weighted by Gasteiger charge is -2.17. The molecule has 2 rings (SSSR count). The summed E-state index contributed by atoms with van der Waals surface area (Å²) in [4.78, 5) is 22.4. The third-order valence-electron chi connectivity index (χ3n) is 3.73. The van der Waals surface area contributed by atoms with Gasteiger partial charge in [-0.25, -0.2) is 4.79 Å². The summed E-state index contributed by atoms with van der Waals surface area (Å²) in [6.07, 6.45) is -0.230. The smallest absolute Gasteiger partial charge is 0.314 e. The highest BCUT2D eigenvalue weighted by Gasteiger charge is 2.12. The molecule has 8 heteroatoms. The number of carbonyl (C=O) groups is 1. The predicted octanol–water partition coefficient (Wildman–Crippen LogP) is 2.69. The number of nitro groups is 1. The Morgan fingerprint density at radius 1 is 1.08 bits per heavy atom. The maximum absolute atomic E-state index is 11.9. The highest BCUT2D eigenvalue weighted by Crippen LogP contribution is 2.22. The summed E-state index contributed by atoms with van der Waals surface area (Å²) in [6, 6.07) is 15.7. The van der Waals surface area contributed by atoms with Crippen LogP contribution in [0.2, 0.25) is 0 Å². The van der Waals surface area contributed by atoms with Gasteiger partial charge in [0, 0.05) is 32.8 Å². The molecule has 0 aromatic heterocycles. The number of nitro benzene ring substituents is 1. The van der Waals surface area contributed by atoms with Crippen molar-refractivity contribution in [2.75, 3.05) is 32.1 Å². The van der Waals surface area contributed by atoms with Gasteiger partial charge in [-0.2, -0.15) is 0 Å². The van der Waals surface area contributed by atoms with Gasteiger partial charge < -0.3 is 20.7 Å². The summed E-state index contributed by atoms with van der Waals surface area (Å²) < 4.78 is 5.39. The molecule has 0 aliphatic rings. The molecule has 0 saturated heterocycles. The molecule has 0 heterocycles. The molecule has 2 aromatic rings. The lowest BCUT2D eigenvalue weighted by molar-refractivity contribution is -0.384. The summed E-state index contributed by atoms with van der Waals surface area (Å²) in [5.74, 6) is 0. The van der Waals surface area contributed by atoms with Gasteiger partial charge in [0.2, 0.25) is 0 Å². The van der Waals surface area contributed by atoms with Crippen molar-refractivity contribution in [2.45, 2.75) is 6.10 Å². The quantitative estimate of drug-likeness (QED) is 0.363. The minimum atomic E-state index is -0.447. The third kappa shape index (κ3) is 5.75. The lowest BCUT2D eigenvalue weighted by Crippen LogP contribution is -2.40. The Labute approximate surface area is 151 Å². The third-order valence-corrected chi connectivity index (χ3v) is 3.73. The highest BCUT2D eigenvalue weighted by atomic mass is 16.6. The van der Waals surface area contributed by atoms with Gasteiger partial charge in [-0.1, -0.05) is 42.5 Å². The largest absolute Gasteiger partial charge is 0.378 e. The second kappa shape index (κ2) is 10.00. The number of urea groups is 1. The molecule has 1 atom stereocenters. The summed E-state index contributed by atoms with van der Waals surface area (Å²) in [6.45, 7) is 1.02. The maximum Gasteiger partial charge on any atom is 0.314 e. The zero-order valence-corrected chi connectivity index (χ0v) is 14.5. The van der Waals surface area contributed by atoms with Crippen LogP contribution in [0, 0.1) is 10.1 Å². The number of amides is 2. The van der Waals surface area contributed by atoms with Crippen molar-refractivity contribution in [2.24, 2.45) is 0 Å². The first-order chi connectivity index (χ1) is 12.6. The van der Waals surface area contributed by atoms with Crippen molar-refractivity contribution in [3.63, 3.8) is 0 Å². The first kappa shape index (κ1) is 19.2. The van der Waals surface area contributed by atoms with E-state index >= 15 is 0 Å². The second-order valence-electron chi connectivity index (χ2n) is 5.47. The molecule has 0 saturated carbocycles. The van der Waals surface area contributed by atoms with Crippen LogP contribution in [0.25, 0.3) is 0 Å². The molecule has 0 fully saturated rings. The van der Waals surface area contributed by atoms with Crippen molar-refractivity contribution in [1.82, 2.24) is 10.6 Å². The number of hydrogen-bond acceptors (Lipinski definition) is 5. The van der Waals surface area contributed by atoms with Crippen LogP contribution in [0.3, 0.4) is 0 Å². The fourth-order valence-corrected chi connectivity index (χ4v) is 2.41. The molecule has 0 bridgehead atoms. The van der Waals surface area contributed by atoms with Gasteiger partial charge in [0.25, 0.3) is 5.69 Å². The number of carbonyl (C=O) groups excluding carboxylic acids is 1. The number of anilines is 1. The first-order valence-corrected chi connectivity index (χ1v) is 8.18. The van der Waals surface area contributed by atoms with Gasteiger partial charge >= 0.3 is 6.03 Å². The van der Waals surface area contributed by atoms with Crippen LogP contribution < -0.4 is 16.0 Å². The van der Waals surface area contributed by atoms with E-state index in [9.17, 15) is 14.9 Å². The Balaban J connectivity index is 1.72. The standard InChI is InChI=1S/C18H22N4O4/c1-26-17(14-7-3-2-4-8-14)13-21-18(23)20-12-11-19-15-9-5-6-10-16(15)22(24)25/h2-10,17,19H,11-13H2,1H3,(H2,20,21,23)/t17-/m1/s1. The Morgan fingerprint density at radius 3 is 2.46 bits per heavy atom. The number of nitrogens with one attached hydrogen (secondary N) is 3. The van der Waals surface area contributed by atoms with Crippen LogP contribution in [0.1, 0.15) is 11.7 Å². The molecule has 2 aromatic carbocycles. The monoisotopic (exact) mass is 358 g/mol. The van der Waals surface area contributed by atoms with Crippen molar-refractivity contribution < 1.29 is 14.5 Å². The lowest BCUT2D eigenvalue weighted by atomic mass is 10.1. The molecule has 26 heavy (non-hydrogen) atoms. The number of rotatable bonds is 9. The van der Waals surface area contributed by atoms with Gasteiger partial charge in [0.1, 0.15) is 5.69 Å². The molecule has 0 spiro atoms. The van der Waals surface area contributed by atoms with E-state index in [1.165, 1.54) is 6.07 Å². The SMILES string of the molecule is CO[C@H](CNC(=O)NCCNc1ccccc1[N+](=O)[O-])c1ccccc1. The van der Waals surface area contributed by atoms with Gasteiger partial charge in [-0.15, -0.1) is 0 Å². The van der Waals surface area contributed by atoms with E-state index in [1.807, 2.05) is 30.3 Å². The fraction of sp³-hybridized carbons (Fsp3) is 0.278. The van der Waals surface area contributed by atoms with E-state index in [0.29, 0.717) is 25.3 Å². The highest BCUT2D eigenvalue weighted by molar-refractivity contribution is 5.74. The summed E-state index contributed by atoms with van der Waals surface area (Å²) in [5.41, 5.74) is 1.40. The van der Waals surface area contributed by atoms with Crippen LogP contribution >= 0.6 is 0 Å². The van der Waals surface area contributed by atoms with Crippen molar-refractivity contribution in [3.8, 4) is 0 Å². The molecule has 0 radical (unpaired) electrons. The summed E-state index contributed by atoms with van der Waals surface area (Å²) in [7, 11) is 1.59. The number of ether oxygens (including phenoxy) is 1. The number of para-hydroxylation sites is 2. The van der Waals surface area contributed by atoms with Gasteiger partial charge in [-0.3, -0.25) is 10.1 Å². The fourth-order valence-electron chi connectivity index (χ4n) is 2.41. The second-order valence-corrected chi connectivity index (χ2v) is 5.47. The topological polar surface area (TPSA) is 106 Å². The number of benzene rings is 2. The van der Waals surface area contributed by atoms with Crippen LogP contribution in [0.15, 0.2) is 54.6 Å². The Bertz CT molecular complexity index is 724. The minimum absolute atomic E-state index is 0.00255. The molecule has 138 valence electrons. The van der Waals surface area contributed by atoms with Crippen LogP contribution in [0.4, 0.5) is 16.2 Å². The maximum atomic E-state index is 11.9. The zero-order chi connectivity index (χ0) is 18.8. The molecule has 2 amide bonds. The normalized spacial score (nSPS) is 11.4. The molecule has 0 unspecified atom stereocenters. The number of methoxy groups -OCH3 is 1. The minimum Gasteiger partial charge on any atom is -0.378 e. The Morgan fingerprint density at radius 2 is 1.77 bits per heavy atom. The van der Waals surface area contributed by atoms with E-state index < -0.39 is 4.92 Å². The summed E-state index contributed by atoms with van der Waals surface area (Å²) >= 11 is 0. The molecular weight excluding hydrogens is 336 g/mol. The average molecular weight is 358 g/mol. The van der Waals surface area contributed by atoms with Crippen LogP contribution in [0.5, 0.6) is 0 Å².